The van der Waals surface area contributed by atoms with Gasteiger partial charge >= 0.3 is 0 Å². The maximum atomic E-state index is 11.0. The molecule has 0 saturated carbocycles. The average molecular weight is 553 g/mol. The van der Waals surface area contributed by atoms with Gasteiger partial charge in [0.05, 0.1) is 41.7 Å². The lowest BCUT2D eigenvalue weighted by Gasteiger charge is -2.42. The second kappa shape index (κ2) is 12.0. The van der Waals surface area contributed by atoms with Crippen LogP contribution in [0, 0.1) is 11.8 Å². The van der Waals surface area contributed by atoms with Crippen molar-refractivity contribution in [2.75, 3.05) is 48.3 Å². The van der Waals surface area contributed by atoms with Gasteiger partial charge < -0.3 is 59.1 Å². The van der Waals surface area contributed by atoms with Gasteiger partial charge in [0.1, 0.15) is 18.3 Å². The third-order valence-electron chi connectivity index (χ3n) is 7.60. The Kier molecular flexibility index (Phi) is 8.94. The van der Waals surface area contributed by atoms with Crippen LogP contribution in [-0.4, -0.2) is 104 Å². The van der Waals surface area contributed by atoms with Crippen LogP contribution < -0.4 is 18.9 Å². The van der Waals surface area contributed by atoms with Gasteiger partial charge in [-0.05, 0) is 47.6 Å². The minimum Gasteiger partial charge on any atom is -0.502 e. The third-order valence-corrected chi connectivity index (χ3v) is 7.60. The van der Waals surface area contributed by atoms with Gasteiger partial charge in [-0.15, -0.1) is 0 Å². The number of methoxy groups -OCH3 is 4. The summed E-state index contributed by atoms with van der Waals surface area (Å²) in [6.07, 6.45) is -5.04. The van der Waals surface area contributed by atoms with Crippen LogP contribution in [0.15, 0.2) is 18.2 Å². The molecule has 0 bridgehead atoms. The molecule has 7 atom stereocenters. The topological polar surface area (TPSA) is 177 Å². The first-order chi connectivity index (χ1) is 18.7. The number of phenols is 2. The molecule has 0 spiro atoms. The highest BCUT2D eigenvalue weighted by Gasteiger charge is 2.44. The van der Waals surface area contributed by atoms with Gasteiger partial charge in [0.25, 0.3) is 0 Å². The van der Waals surface area contributed by atoms with Gasteiger partial charge in [-0.2, -0.15) is 0 Å². The molecule has 1 heterocycles. The normalized spacial score (nSPS) is 28.5. The Balaban J connectivity index is 1.86. The molecule has 0 aromatic heterocycles. The fourth-order valence-electron chi connectivity index (χ4n) is 5.55. The Bertz CT molecular complexity index is 1130. The molecule has 12 heteroatoms. The SMILES string of the molecule is COc1cc([C@@H]2c3c(cc(OC)c(O)c3OC)C[C@H](CO)[C@@H]2CO[C@@H]2OC[C@@H](O)[C@@H](O)[C@H]2O)cc(OC)c1O. The quantitative estimate of drug-likeness (QED) is 0.254. The number of rotatable bonds is 9. The summed E-state index contributed by atoms with van der Waals surface area (Å²) in [7, 11) is 5.66. The van der Waals surface area contributed by atoms with Crippen LogP contribution in [0.5, 0.6) is 34.5 Å². The van der Waals surface area contributed by atoms with E-state index in [9.17, 15) is 30.6 Å². The van der Waals surface area contributed by atoms with E-state index in [-0.39, 0.29) is 60.2 Å². The smallest absolute Gasteiger partial charge is 0.201 e. The van der Waals surface area contributed by atoms with Crippen LogP contribution in [-0.2, 0) is 15.9 Å². The summed E-state index contributed by atoms with van der Waals surface area (Å²) in [6.45, 7) is -0.504. The zero-order valence-corrected chi connectivity index (χ0v) is 22.2. The van der Waals surface area contributed by atoms with E-state index in [1.165, 1.54) is 28.4 Å². The first kappa shape index (κ1) is 29.0. The highest BCUT2D eigenvalue weighted by molar-refractivity contribution is 5.64. The Labute approximate surface area is 225 Å². The number of aliphatic hydroxyl groups excluding tert-OH is 4. The van der Waals surface area contributed by atoms with Crippen molar-refractivity contribution in [3.05, 3.63) is 34.9 Å². The summed E-state index contributed by atoms with van der Waals surface area (Å²) < 4.78 is 33.2. The van der Waals surface area contributed by atoms with E-state index < -0.39 is 36.4 Å². The molecule has 12 nitrogen and oxygen atoms in total. The van der Waals surface area contributed by atoms with Crippen molar-refractivity contribution in [3.8, 4) is 34.5 Å². The van der Waals surface area contributed by atoms with Crippen molar-refractivity contribution in [1.29, 1.82) is 0 Å². The molecule has 39 heavy (non-hydrogen) atoms. The lowest BCUT2D eigenvalue weighted by atomic mass is 9.66. The summed E-state index contributed by atoms with van der Waals surface area (Å²) in [5.74, 6) is -1.16. The van der Waals surface area contributed by atoms with Gasteiger partial charge in [0.2, 0.25) is 11.5 Å². The van der Waals surface area contributed by atoms with Gasteiger partial charge in [-0.1, -0.05) is 0 Å². The second-order valence-corrected chi connectivity index (χ2v) is 9.68. The highest BCUT2D eigenvalue weighted by Crippen LogP contribution is 2.54. The van der Waals surface area contributed by atoms with Crippen molar-refractivity contribution in [1.82, 2.24) is 0 Å². The van der Waals surface area contributed by atoms with E-state index in [1.54, 1.807) is 18.2 Å². The number of aliphatic hydroxyl groups is 4. The molecule has 2 aromatic carbocycles. The molecule has 0 amide bonds. The summed E-state index contributed by atoms with van der Waals surface area (Å²) >= 11 is 0. The predicted molar refractivity (Wildman–Crippen MR) is 136 cm³/mol. The minimum absolute atomic E-state index is 0.0542. The molecular weight excluding hydrogens is 516 g/mol. The number of hydrogen-bond donors (Lipinski definition) is 6. The molecule has 0 unspecified atom stereocenters. The van der Waals surface area contributed by atoms with E-state index in [0.717, 1.165) is 5.56 Å². The van der Waals surface area contributed by atoms with Crippen molar-refractivity contribution >= 4 is 0 Å². The fourth-order valence-corrected chi connectivity index (χ4v) is 5.55. The molecule has 1 aliphatic carbocycles. The lowest BCUT2D eigenvalue weighted by Crippen LogP contribution is -2.54. The number of ether oxygens (including phenoxy) is 6. The Morgan fingerprint density at radius 3 is 2.03 bits per heavy atom. The van der Waals surface area contributed by atoms with Crippen LogP contribution in [0.3, 0.4) is 0 Å². The maximum Gasteiger partial charge on any atom is 0.201 e. The zero-order chi connectivity index (χ0) is 28.4. The van der Waals surface area contributed by atoms with Crippen LogP contribution in [0.1, 0.15) is 22.6 Å². The number of fused-ring (bicyclic) bond motifs is 1. The van der Waals surface area contributed by atoms with Gasteiger partial charge in [-0.25, -0.2) is 0 Å². The molecule has 4 rings (SSSR count). The van der Waals surface area contributed by atoms with E-state index in [0.29, 0.717) is 17.5 Å². The first-order valence-electron chi connectivity index (χ1n) is 12.5. The van der Waals surface area contributed by atoms with Gasteiger partial charge in [-0.3, -0.25) is 0 Å². The van der Waals surface area contributed by atoms with Crippen molar-refractivity contribution < 1.29 is 59.1 Å². The number of phenolic OH excluding ortho intramolecular Hbond substituents is 2. The lowest BCUT2D eigenvalue weighted by molar-refractivity contribution is -0.274. The van der Waals surface area contributed by atoms with Gasteiger partial charge in [0.15, 0.2) is 29.3 Å². The van der Waals surface area contributed by atoms with Crippen molar-refractivity contribution in [3.63, 3.8) is 0 Å². The van der Waals surface area contributed by atoms with E-state index >= 15 is 0 Å². The van der Waals surface area contributed by atoms with E-state index in [4.69, 9.17) is 28.4 Å². The fraction of sp³-hybridized carbons (Fsp3) is 0.556. The highest BCUT2D eigenvalue weighted by atomic mass is 16.7. The molecule has 6 N–H and O–H groups in total. The van der Waals surface area contributed by atoms with E-state index in [2.05, 4.69) is 0 Å². The average Bonchev–Trinajstić information content (AvgIpc) is 2.94. The molecule has 0 radical (unpaired) electrons. The summed E-state index contributed by atoms with van der Waals surface area (Å²) in [5, 5.41) is 62.3. The van der Waals surface area contributed by atoms with Crippen LogP contribution >= 0.6 is 0 Å². The molecule has 1 fully saturated rings. The van der Waals surface area contributed by atoms with Crippen LogP contribution in [0.4, 0.5) is 0 Å². The number of benzene rings is 2. The van der Waals surface area contributed by atoms with Crippen molar-refractivity contribution in [2.45, 2.75) is 36.9 Å². The molecule has 2 aromatic rings. The largest absolute Gasteiger partial charge is 0.502 e. The first-order valence-corrected chi connectivity index (χ1v) is 12.5. The molecule has 1 saturated heterocycles. The Morgan fingerprint density at radius 1 is 0.846 bits per heavy atom. The molecule has 1 aliphatic heterocycles. The maximum absolute atomic E-state index is 11.0. The summed E-state index contributed by atoms with van der Waals surface area (Å²) in [5.41, 5.74) is 1.99. The zero-order valence-electron chi connectivity index (χ0n) is 22.2. The summed E-state index contributed by atoms with van der Waals surface area (Å²) in [4.78, 5) is 0. The van der Waals surface area contributed by atoms with Crippen molar-refractivity contribution in [2.24, 2.45) is 11.8 Å². The standard InChI is InChI=1S/C27H36O12/c1-34-17-7-13(8-18(35-2)23(17)31)20-15(10-38-27-25(33)22(30)16(29)11-39-27)14(9-28)5-12-6-19(36-3)24(32)26(37-4)21(12)20/h6-8,14-16,20,22,25,27-33H,5,9-11H2,1-4H3/t14-,15+,16-,20+,22-,25-,27-/m1/s1. The minimum atomic E-state index is -1.49. The van der Waals surface area contributed by atoms with E-state index in [1.807, 2.05) is 0 Å². The molecular formula is C27H36O12. The molecule has 2 aliphatic rings. The van der Waals surface area contributed by atoms with Crippen LogP contribution in [0.25, 0.3) is 0 Å². The molecule has 216 valence electrons. The second-order valence-electron chi connectivity index (χ2n) is 9.68. The van der Waals surface area contributed by atoms with Gasteiger partial charge in [0, 0.05) is 18.1 Å². The third kappa shape index (κ3) is 5.28. The number of hydrogen-bond acceptors (Lipinski definition) is 12. The monoisotopic (exact) mass is 552 g/mol. The number of aromatic hydroxyl groups is 2. The Hall–Kier alpha value is -3.00. The summed E-state index contributed by atoms with van der Waals surface area (Å²) in [6, 6.07) is 4.96. The van der Waals surface area contributed by atoms with Crippen LogP contribution in [0.2, 0.25) is 0 Å². The Morgan fingerprint density at radius 2 is 1.46 bits per heavy atom. The predicted octanol–water partition coefficient (Wildman–Crippen LogP) is 0.500.